The Morgan fingerprint density at radius 3 is 1.06 bits per heavy atom. The Bertz CT molecular complexity index is 2100. The van der Waals surface area contributed by atoms with E-state index < -0.39 is 0 Å². The van der Waals surface area contributed by atoms with E-state index in [-0.39, 0.29) is 30.2 Å². The fraction of sp³-hybridized carbons (Fsp3) is 0.483. The van der Waals surface area contributed by atoms with Gasteiger partial charge in [0.2, 0.25) is 0 Å². The first-order valence-corrected chi connectivity index (χ1v) is 30.0. The molecule has 2 aliphatic carbocycles. The average molecular weight is 963 g/mol. The van der Waals surface area contributed by atoms with Gasteiger partial charge in [0.25, 0.3) is 0 Å². The van der Waals surface area contributed by atoms with Gasteiger partial charge in [-0.15, -0.1) is 69.1 Å². The molecule has 2 fully saturated rings. The number of halogens is 2. The third-order valence-corrected chi connectivity index (χ3v) is 13.6. The maximum atomic E-state index is 2.54. The molecular formula is C58H76Cl2SiZr-2. The van der Waals surface area contributed by atoms with E-state index in [2.05, 4.69) is 152 Å². The summed E-state index contributed by atoms with van der Waals surface area (Å²) >= 11 is 1.74. The van der Waals surface area contributed by atoms with Crippen molar-refractivity contribution in [1.29, 1.82) is 0 Å². The van der Waals surface area contributed by atoms with Gasteiger partial charge in [-0.3, -0.25) is 0 Å². The van der Waals surface area contributed by atoms with Crippen molar-refractivity contribution in [3.63, 3.8) is 0 Å². The van der Waals surface area contributed by atoms with Gasteiger partial charge < -0.3 is 24.8 Å². The molecule has 8 rings (SSSR count). The molecule has 6 aromatic carbocycles. The summed E-state index contributed by atoms with van der Waals surface area (Å²) in [5.41, 5.74) is 15.1. The Morgan fingerprint density at radius 2 is 0.758 bits per heavy atom. The van der Waals surface area contributed by atoms with Gasteiger partial charge >= 0.3 is 41.9 Å². The SMILES string of the molecule is C[Si](C)=[Zr+2].Cc1cc(C)cc(-c2cccc3[cH-]c(CC4(C)CCCCCCCC4)cc23)c1.Cc1cc(C)cc(-c2cccc3[cH-]c(CC4(C)CCCCCCCC4)cc23)c1.[Cl-].[Cl-]. The minimum absolute atomic E-state index is 0. The molecule has 0 N–H and O–H groups in total. The third kappa shape index (κ3) is 15.5. The summed E-state index contributed by atoms with van der Waals surface area (Å²) in [5, 5.41) is 5.65. The Balaban J connectivity index is 0.000000244. The monoisotopic (exact) mass is 960 g/mol. The first-order chi connectivity index (χ1) is 28.8. The Kier molecular flexibility index (Phi) is 21.0. The molecule has 62 heavy (non-hydrogen) atoms. The van der Waals surface area contributed by atoms with Crippen LogP contribution in [0.25, 0.3) is 43.8 Å². The van der Waals surface area contributed by atoms with Crippen molar-refractivity contribution in [2.24, 2.45) is 10.8 Å². The predicted octanol–water partition coefficient (Wildman–Crippen LogP) is 11.8. The van der Waals surface area contributed by atoms with E-state index in [0.717, 1.165) is 0 Å². The van der Waals surface area contributed by atoms with Crippen molar-refractivity contribution in [3.8, 4) is 22.3 Å². The molecule has 0 unspecified atom stereocenters. The molecule has 0 saturated heterocycles. The van der Waals surface area contributed by atoms with Crippen LogP contribution in [0.2, 0.25) is 13.1 Å². The van der Waals surface area contributed by atoms with Crippen LogP contribution in [0.15, 0.2) is 97.1 Å². The molecule has 0 aliphatic heterocycles. The smallest absolute Gasteiger partial charge is 0.0274 e. The molecule has 6 aromatic rings. The molecule has 0 radical (unpaired) electrons. The van der Waals surface area contributed by atoms with Crippen LogP contribution < -0.4 is 24.8 Å². The molecular weight excluding hydrogens is 887 g/mol. The summed E-state index contributed by atoms with van der Waals surface area (Å²) in [7, 11) is 0. The van der Waals surface area contributed by atoms with Crippen LogP contribution in [-0.2, 0) is 36.2 Å². The van der Waals surface area contributed by atoms with Crippen LogP contribution in [-0.4, -0.2) is 5.43 Å². The Hall–Kier alpha value is -2.22. The van der Waals surface area contributed by atoms with Crippen LogP contribution >= 0.6 is 0 Å². The molecule has 0 atom stereocenters. The summed E-state index contributed by atoms with van der Waals surface area (Å²) in [6.07, 6.45) is 25.1. The van der Waals surface area contributed by atoms with Gasteiger partial charge in [0, 0.05) is 0 Å². The van der Waals surface area contributed by atoms with E-state index in [1.54, 1.807) is 23.3 Å². The third-order valence-electron chi connectivity index (χ3n) is 13.6. The minimum atomic E-state index is 0. The molecule has 332 valence electrons. The second-order valence-electron chi connectivity index (χ2n) is 20.3. The zero-order valence-corrected chi connectivity index (χ0v) is 44.7. The molecule has 0 nitrogen and oxygen atoms in total. The number of benzene rings is 4. The van der Waals surface area contributed by atoms with Crippen molar-refractivity contribution >= 4 is 27.0 Å². The van der Waals surface area contributed by atoms with Gasteiger partial charge in [-0.1, -0.05) is 173 Å². The standard InChI is InChI=1S/2C28H35.C2H6Si.2ClH.Zr/c2*1-21-15-22(2)17-25(16-21)26-12-10-11-24-18-23(19-27(24)26)20-28(3)13-8-6-4-5-7-9-14-28;1-3-2;;;/h2*10-12,15-19H,4-9,13-14,20H2,1-3H3;1-2H3;2*1H;/q2*-1;;;;+2/p-2. The number of fused-ring (bicyclic) bond motifs is 2. The van der Waals surface area contributed by atoms with Crippen molar-refractivity contribution in [3.05, 3.63) is 130 Å². The molecule has 0 bridgehead atoms. The first-order valence-electron chi connectivity index (χ1n) is 23.8. The number of hydrogen-bond donors (Lipinski definition) is 0. The first kappa shape index (κ1) is 52.4. The predicted molar refractivity (Wildman–Crippen MR) is 264 cm³/mol. The zero-order valence-electron chi connectivity index (χ0n) is 39.7. The number of rotatable bonds is 6. The van der Waals surface area contributed by atoms with E-state index in [1.807, 2.05) is 0 Å². The van der Waals surface area contributed by atoms with Crippen molar-refractivity contribution < 1.29 is 48.1 Å². The fourth-order valence-electron chi connectivity index (χ4n) is 10.8. The van der Waals surface area contributed by atoms with Gasteiger partial charge in [-0.05, 0) is 88.2 Å². The van der Waals surface area contributed by atoms with Gasteiger partial charge in [0.1, 0.15) is 0 Å². The van der Waals surface area contributed by atoms with Crippen molar-refractivity contribution in [1.82, 2.24) is 0 Å². The Morgan fingerprint density at radius 1 is 0.468 bits per heavy atom. The summed E-state index contributed by atoms with van der Waals surface area (Å²) in [5.74, 6) is 0. The van der Waals surface area contributed by atoms with Crippen LogP contribution in [0.4, 0.5) is 0 Å². The van der Waals surface area contributed by atoms with Crippen LogP contribution in [0.1, 0.15) is 150 Å². The van der Waals surface area contributed by atoms with Gasteiger partial charge in [-0.25, -0.2) is 0 Å². The summed E-state index contributed by atoms with van der Waals surface area (Å²) < 4.78 is 0. The van der Waals surface area contributed by atoms with E-state index in [9.17, 15) is 0 Å². The molecule has 0 heterocycles. The van der Waals surface area contributed by atoms with Crippen LogP contribution in [0.3, 0.4) is 0 Å². The topological polar surface area (TPSA) is 0 Å². The normalized spacial score (nSPS) is 16.5. The molecule has 2 aliphatic rings. The van der Waals surface area contributed by atoms with E-state index >= 15 is 0 Å². The second kappa shape index (κ2) is 24.9. The maximum Gasteiger partial charge on any atom is -0.0274 e. The molecule has 0 aromatic heterocycles. The van der Waals surface area contributed by atoms with E-state index in [1.165, 1.54) is 193 Å². The molecule has 2 saturated carbocycles. The molecule has 0 amide bonds. The Labute approximate surface area is 405 Å². The fourth-order valence-corrected chi connectivity index (χ4v) is 10.8. The summed E-state index contributed by atoms with van der Waals surface area (Å²) in [4.78, 5) is 0. The number of hydrogen-bond acceptors (Lipinski definition) is 0. The zero-order chi connectivity index (χ0) is 42.7. The maximum absolute atomic E-state index is 2.54. The summed E-state index contributed by atoms with van der Waals surface area (Å²) in [6, 6.07) is 37.3. The van der Waals surface area contributed by atoms with E-state index in [0.29, 0.717) is 10.8 Å². The van der Waals surface area contributed by atoms with Crippen molar-refractivity contribution in [2.45, 2.75) is 170 Å². The van der Waals surface area contributed by atoms with Crippen LogP contribution in [0.5, 0.6) is 0 Å². The summed E-state index contributed by atoms with van der Waals surface area (Å²) in [6.45, 7) is 18.5. The largest absolute Gasteiger partial charge is 1.00 e. The minimum Gasteiger partial charge on any atom is -1.00 e. The van der Waals surface area contributed by atoms with Crippen molar-refractivity contribution in [2.75, 3.05) is 0 Å². The van der Waals surface area contributed by atoms with Gasteiger partial charge in [0.15, 0.2) is 0 Å². The second-order valence-corrected chi connectivity index (χ2v) is 29.7. The van der Waals surface area contributed by atoms with E-state index in [4.69, 9.17) is 0 Å². The van der Waals surface area contributed by atoms with Gasteiger partial charge in [0.05, 0.1) is 0 Å². The molecule has 4 heteroatoms. The molecule has 0 spiro atoms. The quantitative estimate of drug-likeness (QED) is 0.115. The van der Waals surface area contributed by atoms with Gasteiger partial charge in [-0.2, -0.15) is 12.1 Å². The average Bonchev–Trinajstić information content (AvgIpc) is 3.82. The van der Waals surface area contributed by atoms with Crippen LogP contribution in [0, 0.1) is 38.5 Å². The number of aryl methyl sites for hydroxylation is 4.